The lowest BCUT2D eigenvalue weighted by atomic mass is 10.1. The van der Waals surface area contributed by atoms with E-state index in [1.54, 1.807) is 0 Å². The summed E-state index contributed by atoms with van der Waals surface area (Å²) < 4.78 is 0. The van der Waals surface area contributed by atoms with Crippen molar-refractivity contribution < 1.29 is 44.1 Å². The van der Waals surface area contributed by atoms with Gasteiger partial charge in [-0.15, -0.1) is 0 Å². The SMILES string of the molecule is NC(Cc1cnc[nH]1)C(=O)N1CCCC1C(=O)NC(CCC(=O)O)C(=O)NC(CCC(=O)O)C(=O)O. The van der Waals surface area contributed by atoms with Crippen molar-refractivity contribution in [1.82, 2.24) is 25.5 Å². The molecule has 1 aromatic heterocycles. The second-order valence-corrected chi connectivity index (χ2v) is 8.40. The van der Waals surface area contributed by atoms with Crippen molar-refractivity contribution in [1.29, 1.82) is 0 Å². The number of carbonyl (C=O) groups is 6. The summed E-state index contributed by atoms with van der Waals surface area (Å²) in [7, 11) is 0. The summed E-state index contributed by atoms with van der Waals surface area (Å²) in [6.45, 7) is 0.260. The Balaban J connectivity index is 2.08. The third kappa shape index (κ3) is 8.33. The molecule has 2 heterocycles. The third-order valence-corrected chi connectivity index (χ3v) is 5.69. The Kier molecular flexibility index (Phi) is 10.3. The molecule has 0 radical (unpaired) electrons. The first-order valence-corrected chi connectivity index (χ1v) is 11.3. The zero-order valence-corrected chi connectivity index (χ0v) is 19.4. The summed E-state index contributed by atoms with van der Waals surface area (Å²) in [5.74, 6) is -6.15. The topological polar surface area (TPSA) is 245 Å². The number of nitrogens with zero attached hydrogens (tertiary/aromatic N) is 2. The van der Waals surface area contributed by atoms with Gasteiger partial charge in [0.2, 0.25) is 17.7 Å². The average Bonchev–Trinajstić information content (AvgIpc) is 3.50. The molecule has 1 aromatic rings. The number of nitrogens with two attached hydrogens (primary N) is 1. The minimum absolute atomic E-state index is 0.167. The smallest absolute Gasteiger partial charge is 0.326 e. The molecule has 0 aromatic carbocycles. The summed E-state index contributed by atoms with van der Waals surface area (Å²) in [5.41, 5.74) is 6.65. The first-order valence-electron chi connectivity index (χ1n) is 11.3. The van der Waals surface area contributed by atoms with E-state index in [4.69, 9.17) is 15.9 Å². The van der Waals surface area contributed by atoms with Gasteiger partial charge in [0, 0.05) is 37.7 Å². The maximum atomic E-state index is 13.0. The Morgan fingerprint density at radius 2 is 1.69 bits per heavy atom. The van der Waals surface area contributed by atoms with Gasteiger partial charge in [0.15, 0.2) is 0 Å². The van der Waals surface area contributed by atoms with Crippen molar-refractivity contribution in [3.63, 3.8) is 0 Å². The second kappa shape index (κ2) is 13.2. The molecular weight excluding hydrogens is 480 g/mol. The zero-order chi connectivity index (χ0) is 26.8. The van der Waals surface area contributed by atoms with Gasteiger partial charge in [-0.1, -0.05) is 0 Å². The fraction of sp³-hybridized carbons (Fsp3) is 0.571. The van der Waals surface area contributed by atoms with Crippen LogP contribution in [0.2, 0.25) is 0 Å². The molecule has 0 bridgehead atoms. The summed E-state index contributed by atoms with van der Waals surface area (Å²) in [5, 5.41) is 31.6. The van der Waals surface area contributed by atoms with E-state index in [0.29, 0.717) is 12.1 Å². The molecule has 4 atom stereocenters. The average molecular weight is 511 g/mol. The molecule has 1 aliphatic heterocycles. The van der Waals surface area contributed by atoms with Crippen molar-refractivity contribution in [2.45, 2.75) is 69.1 Å². The van der Waals surface area contributed by atoms with E-state index in [0.717, 1.165) is 0 Å². The standard InChI is InChI=1S/C21H30N6O9/c22-12(8-11-9-23-10-24-11)20(34)27-7-1-2-15(27)19(33)25-13(3-5-16(28)29)18(32)26-14(21(35)36)4-6-17(30)31/h9-10,12-15H,1-8,22H2,(H,23,24)(H,25,33)(H,26,32)(H,28,29)(H,30,31)(H,35,36). The number of hydrogen-bond acceptors (Lipinski definition) is 8. The van der Waals surface area contributed by atoms with Crippen molar-refractivity contribution >= 4 is 35.6 Å². The normalized spacial score (nSPS) is 17.6. The van der Waals surface area contributed by atoms with Crippen LogP contribution in [-0.4, -0.2) is 96.5 Å². The van der Waals surface area contributed by atoms with Gasteiger partial charge in [-0.3, -0.25) is 24.0 Å². The molecule has 0 saturated carbocycles. The third-order valence-electron chi connectivity index (χ3n) is 5.69. The van der Waals surface area contributed by atoms with Crippen LogP contribution in [0.5, 0.6) is 0 Å². The maximum absolute atomic E-state index is 13.0. The van der Waals surface area contributed by atoms with Crippen molar-refractivity contribution in [2.75, 3.05) is 6.54 Å². The van der Waals surface area contributed by atoms with E-state index < -0.39 is 79.1 Å². The Bertz CT molecular complexity index is 967. The number of carbonyl (C=O) groups excluding carboxylic acids is 3. The highest BCUT2D eigenvalue weighted by Gasteiger charge is 2.38. The molecule has 1 fully saturated rings. The van der Waals surface area contributed by atoms with Crippen LogP contribution in [-0.2, 0) is 35.2 Å². The lowest BCUT2D eigenvalue weighted by Gasteiger charge is -2.28. The summed E-state index contributed by atoms with van der Waals surface area (Å²) >= 11 is 0. The molecule has 36 heavy (non-hydrogen) atoms. The van der Waals surface area contributed by atoms with Crippen LogP contribution in [0.1, 0.15) is 44.2 Å². The number of carboxylic acid groups (broad SMARTS) is 3. The first-order chi connectivity index (χ1) is 17.0. The first kappa shape index (κ1) is 28.2. The van der Waals surface area contributed by atoms with Crippen LogP contribution in [0, 0.1) is 0 Å². The highest BCUT2D eigenvalue weighted by Crippen LogP contribution is 2.19. The number of aliphatic carboxylic acids is 3. The van der Waals surface area contributed by atoms with E-state index in [1.165, 1.54) is 17.4 Å². The molecular formula is C21H30N6O9. The molecule has 0 aliphatic carbocycles. The quantitative estimate of drug-likeness (QED) is 0.145. The molecule has 15 heteroatoms. The minimum atomic E-state index is -1.55. The van der Waals surface area contributed by atoms with Crippen LogP contribution in [0.4, 0.5) is 0 Å². The van der Waals surface area contributed by atoms with Gasteiger partial charge in [0.25, 0.3) is 0 Å². The van der Waals surface area contributed by atoms with E-state index in [1.807, 2.05) is 0 Å². The van der Waals surface area contributed by atoms with Crippen LogP contribution in [0.25, 0.3) is 0 Å². The van der Waals surface area contributed by atoms with Crippen LogP contribution in [0.3, 0.4) is 0 Å². The molecule has 1 saturated heterocycles. The fourth-order valence-corrected chi connectivity index (χ4v) is 3.84. The molecule has 0 spiro atoms. The molecule has 8 N–H and O–H groups in total. The summed E-state index contributed by atoms with van der Waals surface area (Å²) in [4.78, 5) is 79.8. The number of H-pyrrole nitrogens is 1. The Morgan fingerprint density at radius 3 is 2.25 bits per heavy atom. The van der Waals surface area contributed by atoms with E-state index >= 15 is 0 Å². The van der Waals surface area contributed by atoms with Gasteiger partial charge >= 0.3 is 17.9 Å². The van der Waals surface area contributed by atoms with Crippen molar-refractivity contribution in [2.24, 2.45) is 5.73 Å². The Labute approximate surface area is 205 Å². The number of carboxylic acids is 3. The number of rotatable bonds is 14. The number of aromatic nitrogens is 2. The van der Waals surface area contributed by atoms with E-state index in [9.17, 15) is 33.9 Å². The lowest BCUT2D eigenvalue weighted by molar-refractivity contribution is -0.144. The predicted molar refractivity (Wildman–Crippen MR) is 120 cm³/mol. The monoisotopic (exact) mass is 510 g/mol. The van der Waals surface area contributed by atoms with Gasteiger partial charge in [0.1, 0.15) is 18.1 Å². The molecule has 2 rings (SSSR count). The van der Waals surface area contributed by atoms with Gasteiger partial charge in [-0.2, -0.15) is 0 Å². The van der Waals surface area contributed by atoms with Gasteiger partial charge in [-0.05, 0) is 25.7 Å². The van der Waals surface area contributed by atoms with E-state index in [2.05, 4.69) is 20.6 Å². The largest absolute Gasteiger partial charge is 0.481 e. The van der Waals surface area contributed by atoms with Gasteiger partial charge in [0.05, 0.1) is 12.4 Å². The number of imidazole rings is 1. The lowest BCUT2D eigenvalue weighted by Crippen LogP contribution is -2.56. The zero-order valence-electron chi connectivity index (χ0n) is 19.4. The molecule has 3 amide bonds. The number of aromatic amines is 1. The molecule has 15 nitrogen and oxygen atoms in total. The molecule has 198 valence electrons. The Hall–Kier alpha value is -4.01. The Morgan fingerprint density at radius 1 is 1.06 bits per heavy atom. The highest BCUT2D eigenvalue weighted by atomic mass is 16.4. The summed E-state index contributed by atoms with van der Waals surface area (Å²) in [6, 6.07) is -4.87. The van der Waals surface area contributed by atoms with Crippen molar-refractivity contribution in [3.05, 3.63) is 18.2 Å². The van der Waals surface area contributed by atoms with Gasteiger partial charge in [-0.25, -0.2) is 9.78 Å². The molecule has 4 unspecified atom stereocenters. The molecule has 1 aliphatic rings. The maximum Gasteiger partial charge on any atom is 0.326 e. The van der Waals surface area contributed by atoms with Gasteiger partial charge < -0.3 is 41.6 Å². The highest BCUT2D eigenvalue weighted by molar-refractivity contribution is 5.94. The van der Waals surface area contributed by atoms with Crippen LogP contribution in [0.15, 0.2) is 12.5 Å². The van der Waals surface area contributed by atoms with Crippen LogP contribution < -0.4 is 16.4 Å². The predicted octanol–water partition coefficient (Wildman–Crippen LogP) is -1.95. The van der Waals surface area contributed by atoms with E-state index in [-0.39, 0.29) is 25.8 Å². The number of likely N-dealkylation sites (tertiary alicyclic amines) is 1. The number of hydrogen-bond donors (Lipinski definition) is 7. The fourth-order valence-electron chi connectivity index (χ4n) is 3.84. The number of amides is 3. The second-order valence-electron chi connectivity index (χ2n) is 8.40. The number of nitrogens with one attached hydrogen (secondary N) is 3. The minimum Gasteiger partial charge on any atom is -0.481 e. The van der Waals surface area contributed by atoms with Crippen LogP contribution >= 0.6 is 0 Å². The van der Waals surface area contributed by atoms with Crippen molar-refractivity contribution in [3.8, 4) is 0 Å². The summed E-state index contributed by atoms with van der Waals surface area (Å²) in [6.07, 6.45) is 2.13.